The van der Waals surface area contributed by atoms with E-state index in [1.165, 1.54) is 33.5 Å². The van der Waals surface area contributed by atoms with Gasteiger partial charge >= 0.3 is 0 Å². The van der Waals surface area contributed by atoms with Gasteiger partial charge in [-0.15, -0.1) is 0 Å². The van der Waals surface area contributed by atoms with Crippen LogP contribution in [0, 0.1) is 6.92 Å². The number of hydrogen-bond donors (Lipinski definition) is 1. The smallest absolute Gasteiger partial charge is 0.0766 e. The van der Waals surface area contributed by atoms with Crippen LogP contribution in [0.5, 0.6) is 0 Å². The molecular formula is C15H12N2. The molecule has 2 heterocycles. The molecule has 0 unspecified atom stereocenters. The Kier molecular flexibility index (Phi) is 1.52. The molecule has 1 N–H and O–H groups in total. The van der Waals surface area contributed by atoms with E-state index in [1.807, 2.05) is 0 Å². The normalized spacial score (nSPS) is 12.3. The van der Waals surface area contributed by atoms with E-state index in [9.17, 15) is 0 Å². The van der Waals surface area contributed by atoms with Crippen molar-refractivity contribution in [1.29, 1.82) is 0 Å². The van der Waals surface area contributed by atoms with Crippen molar-refractivity contribution in [2.24, 2.45) is 0 Å². The number of aromatic nitrogens is 1. The van der Waals surface area contributed by atoms with Gasteiger partial charge in [-0.1, -0.05) is 12.1 Å². The summed E-state index contributed by atoms with van der Waals surface area (Å²) in [5.41, 5.74) is 6.15. The Labute approximate surface area is 99.5 Å². The van der Waals surface area contributed by atoms with Gasteiger partial charge in [0.15, 0.2) is 0 Å². The van der Waals surface area contributed by atoms with E-state index in [0.717, 1.165) is 0 Å². The highest BCUT2D eigenvalue weighted by Crippen LogP contribution is 2.38. The number of nitrogens with zero attached hydrogens (tertiary/aromatic N) is 1. The standard InChI is InChI=1S/C15H12N2/c1-10-8-11-6-7-17-14-5-3-2-4-12(14)16-13(9-10)15(11)17/h2-9,16H,1H3. The second kappa shape index (κ2) is 2.92. The van der Waals surface area contributed by atoms with Gasteiger partial charge in [-0.05, 0) is 42.8 Å². The molecule has 0 aliphatic carbocycles. The van der Waals surface area contributed by atoms with Crippen molar-refractivity contribution in [3.05, 3.63) is 54.2 Å². The minimum Gasteiger partial charge on any atom is -0.352 e. The molecule has 3 aromatic rings. The minimum absolute atomic E-state index is 1.17. The zero-order valence-electron chi connectivity index (χ0n) is 9.57. The van der Waals surface area contributed by atoms with Crippen molar-refractivity contribution in [2.45, 2.75) is 6.92 Å². The van der Waals surface area contributed by atoms with Crippen LogP contribution in [0.2, 0.25) is 0 Å². The van der Waals surface area contributed by atoms with Crippen LogP contribution in [-0.2, 0) is 0 Å². The molecule has 82 valence electrons. The predicted molar refractivity (Wildman–Crippen MR) is 71.3 cm³/mol. The molecule has 2 heteroatoms. The minimum atomic E-state index is 1.17. The highest BCUT2D eigenvalue weighted by molar-refractivity contribution is 5.99. The lowest BCUT2D eigenvalue weighted by Crippen LogP contribution is -2.06. The molecule has 4 rings (SSSR count). The molecule has 1 aromatic heterocycles. The summed E-state index contributed by atoms with van der Waals surface area (Å²) >= 11 is 0. The maximum absolute atomic E-state index is 3.51. The summed E-state index contributed by atoms with van der Waals surface area (Å²) in [7, 11) is 0. The van der Waals surface area contributed by atoms with Gasteiger partial charge in [-0.2, -0.15) is 0 Å². The van der Waals surface area contributed by atoms with Crippen molar-refractivity contribution >= 4 is 22.3 Å². The Morgan fingerprint density at radius 2 is 1.88 bits per heavy atom. The van der Waals surface area contributed by atoms with E-state index in [-0.39, 0.29) is 0 Å². The van der Waals surface area contributed by atoms with Gasteiger partial charge in [0.25, 0.3) is 0 Å². The maximum Gasteiger partial charge on any atom is 0.0766 e. The van der Waals surface area contributed by atoms with E-state index in [2.05, 4.69) is 65.5 Å². The molecular weight excluding hydrogens is 208 g/mol. The zero-order valence-corrected chi connectivity index (χ0v) is 9.57. The van der Waals surface area contributed by atoms with Crippen molar-refractivity contribution in [3.8, 4) is 5.69 Å². The van der Waals surface area contributed by atoms with Crippen LogP contribution in [0.25, 0.3) is 16.6 Å². The largest absolute Gasteiger partial charge is 0.352 e. The summed E-state index contributed by atoms with van der Waals surface area (Å²) in [5.74, 6) is 0. The average molecular weight is 220 g/mol. The third kappa shape index (κ3) is 1.10. The topological polar surface area (TPSA) is 17.0 Å². The Balaban J connectivity index is 2.18. The number of rotatable bonds is 0. The first-order chi connectivity index (χ1) is 8.33. The molecule has 0 fully saturated rings. The third-order valence-corrected chi connectivity index (χ3v) is 3.36. The lowest BCUT2D eigenvalue weighted by molar-refractivity contribution is 1.11. The first kappa shape index (κ1) is 8.88. The van der Waals surface area contributed by atoms with Crippen LogP contribution in [0.4, 0.5) is 11.4 Å². The SMILES string of the molecule is Cc1cc2c3c(ccn3-c3ccccc3N2)c1. The third-order valence-electron chi connectivity index (χ3n) is 3.36. The molecule has 1 aliphatic heterocycles. The Hall–Kier alpha value is -2.22. The summed E-state index contributed by atoms with van der Waals surface area (Å²) in [5, 5.41) is 4.80. The van der Waals surface area contributed by atoms with Crippen molar-refractivity contribution in [2.75, 3.05) is 5.32 Å². The first-order valence-corrected chi connectivity index (χ1v) is 5.81. The van der Waals surface area contributed by atoms with Gasteiger partial charge in [0.1, 0.15) is 0 Å². The number of anilines is 2. The number of aryl methyl sites for hydroxylation is 1. The van der Waals surface area contributed by atoms with E-state index in [0.29, 0.717) is 0 Å². The molecule has 2 aromatic carbocycles. The van der Waals surface area contributed by atoms with Gasteiger partial charge in [-0.25, -0.2) is 0 Å². The number of nitrogens with one attached hydrogen (secondary N) is 1. The highest BCUT2D eigenvalue weighted by atomic mass is 15.1. The van der Waals surface area contributed by atoms with Crippen molar-refractivity contribution < 1.29 is 0 Å². The van der Waals surface area contributed by atoms with Crippen LogP contribution in [-0.4, -0.2) is 4.57 Å². The quantitative estimate of drug-likeness (QED) is 0.474. The Morgan fingerprint density at radius 3 is 2.82 bits per heavy atom. The van der Waals surface area contributed by atoms with Gasteiger partial charge in [0.2, 0.25) is 0 Å². The Morgan fingerprint density at radius 1 is 1.00 bits per heavy atom. The molecule has 17 heavy (non-hydrogen) atoms. The summed E-state index contributed by atoms with van der Waals surface area (Å²) < 4.78 is 2.26. The zero-order chi connectivity index (χ0) is 11.4. The second-order valence-corrected chi connectivity index (χ2v) is 4.58. The van der Waals surface area contributed by atoms with Crippen molar-refractivity contribution in [3.63, 3.8) is 0 Å². The second-order valence-electron chi connectivity index (χ2n) is 4.58. The van der Waals surface area contributed by atoms with Gasteiger partial charge in [0, 0.05) is 11.6 Å². The summed E-state index contributed by atoms with van der Waals surface area (Å²) in [6.07, 6.45) is 2.15. The lowest BCUT2D eigenvalue weighted by atomic mass is 10.1. The molecule has 0 radical (unpaired) electrons. The predicted octanol–water partition coefficient (Wildman–Crippen LogP) is 4.00. The average Bonchev–Trinajstić information content (AvgIpc) is 2.74. The fraction of sp³-hybridized carbons (Fsp3) is 0.0667. The molecule has 2 nitrogen and oxygen atoms in total. The van der Waals surface area contributed by atoms with Crippen LogP contribution < -0.4 is 5.32 Å². The monoisotopic (exact) mass is 220 g/mol. The molecule has 0 spiro atoms. The van der Waals surface area contributed by atoms with Crippen LogP contribution in [0.3, 0.4) is 0 Å². The van der Waals surface area contributed by atoms with Crippen LogP contribution in [0.15, 0.2) is 48.7 Å². The molecule has 0 saturated carbocycles. The van der Waals surface area contributed by atoms with Crippen LogP contribution >= 0.6 is 0 Å². The Bertz CT molecular complexity index is 738. The van der Waals surface area contributed by atoms with Crippen molar-refractivity contribution in [1.82, 2.24) is 4.57 Å². The number of benzene rings is 2. The van der Waals surface area contributed by atoms with E-state index in [1.54, 1.807) is 0 Å². The summed E-state index contributed by atoms with van der Waals surface area (Å²) in [6.45, 7) is 2.13. The number of para-hydroxylation sites is 2. The molecule has 0 bridgehead atoms. The fourth-order valence-electron chi connectivity index (χ4n) is 2.66. The van der Waals surface area contributed by atoms with Gasteiger partial charge in [-0.3, -0.25) is 0 Å². The number of fused-ring (bicyclic) bond motifs is 2. The van der Waals surface area contributed by atoms with E-state index in [4.69, 9.17) is 0 Å². The maximum atomic E-state index is 3.51. The van der Waals surface area contributed by atoms with Crippen LogP contribution in [0.1, 0.15) is 5.56 Å². The molecule has 0 saturated heterocycles. The molecule has 1 aliphatic rings. The lowest BCUT2D eigenvalue weighted by Gasteiger charge is -2.21. The molecule has 0 amide bonds. The molecule has 0 atom stereocenters. The van der Waals surface area contributed by atoms with Gasteiger partial charge in [0.05, 0.1) is 22.6 Å². The summed E-state index contributed by atoms with van der Waals surface area (Å²) in [4.78, 5) is 0. The highest BCUT2D eigenvalue weighted by Gasteiger charge is 2.16. The van der Waals surface area contributed by atoms with Gasteiger partial charge < -0.3 is 9.88 Å². The fourth-order valence-corrected chi connectivity index (χ4v) is 2.66. The van der Waals surface area contributed by atoms with E-state index < -0.39 is 0 Å². The summed E-state index contributed by atoms with van der Waals surface area (Å²) in [6, 6.07) is 15.0. The van der Waals surface area contributed by atoms with E-state index >= 15 is 0 Å². The first-order valence-electron chi connectivity index (χ1n) is 5.81. The number of hydrogen-bond acceptors (Lipinski definition) is 1.